The summed E-state index contributed by atoms with van der Waals surface area (Å²) in [5.74, 6) is 0.901. The number of carbonyl (C=O) groups excluding carboxylic acids is 1. The third-order valence-electron chi connectivity index (χ3n) is 3.56. The molecule has 0 bridgehead atoms. The molecule has 1 heterocycles. The maximum Gasteiger partial charge on any atom is 0.239 e. The predicted octanol–water partition coefficient (Wildman–Crippen LogP) is 2.30. The molecule has 1 aliphatic heterocycles. The van der Waals surface area contributed by atoms with Gasteiger partial charge in [0.15, 0.2) is 0 Å². The van der Waals surface area contributed by atoms with Gasteiger partial charge in [0, 0.05) is 18.0 Å². The number of rotatable bonds is 4. The lowest BCUT2D eigenvalue weighted by Gasteiger charge is -2.23. The predicted molar refractivity (Wildman–Crippen MR) is 79.9 cm³/mol. The number of amides is 1. The Balaban J connectivity index is 1.91. The largest absolute Gasteiger partial charge is 0.488 e. The van der Waals surface area contributed by atoms with Gasteiger partial charge in [-0.15, -0.1) is 0 Å². The van der Waals surface area contributed by atoms with Gasteiger partial charge in [-0.3, -0.25) is 4.79 Å². The molecule has 0 aliphatic carbocycles. The summed E-state index contributed by atoms with van der Waals surface area (Å²) < 4.78 is 5.86. The normalized spacial score (nSPS) is 20.2. The van der Waals surface area contributed by atoms with Crippen molar-refractivity contribution in [3.8, 4) is 5.75 Å². The number of ether oxygens (including phenoxy) is 1. The highest BCUT2D eigenvalue weighted by Crippen LogP contribution is 2.22. The standard InChI is InChI=1S/C15H21ClN2O2/c1-10(2)14(17)15(19)18-7-6-13(9-18)20-12-5-3-4-11(16)8-12/h3-5,8,10,13-14H,6-7,9,17H2,1-2H3/t13?,14-/m0/s1. The maximum atomic E-state index is 12.2. The zero-order valence-corrected chi connectivity index (χ0v) is 12.6. The molecular weight excluding hydrogens is 276 g/mol. The molecule has 1 unspecified atom stereocenters. The quantitative estimate of drug-likeness (QED) is 0.927. The van der Waals surface area contributed by atoms with E-state index in [1.807, 2.05) is 26.0 Å². The van der Waals surface area contributed by atoms with Gasteiger partial charge in [0.2, 0.25) is 5.91 Å². The fourth-order valence-corrected chi connectivity index (χ4v) is 2.43. The highest BCUT2D eigenvalue weighted by molar-refractivity contribution is 6.30. The molecule has 1 aromatic rings. The Kier molecular flexibility index (Phi) is 4.89. The van der Waals surface area contributed by atoms with E-state index in [9.17, 15) is 4.79 Å². The van der Waals surface area contributed by atoms with Crippen LogP contribution in [0, 0.1) is 5.92 Å². The first kappa shape index (κ1) is 15.1. The number of carbonyl (C=O) groups is 1. The zero-order chi connectivity index (χ0) is 14.7. The molecule has 5 heteroatoms. The number of likely N-dealkylation sites (tertiary alicyclic amines) is 1. The number of halogens is 1. The van der Waals surface area contributed by atoms with Crippen molar-refractivity contribution in [1.82, 2.24) is 4.90 Å². The van der Waals surface area contributed by atoms with Crippen LogP contribution < -0.4 is 10.5 Å². The van der Waals surface area contributed by atoms with Crippen molar-refractivity contribution >= 4 is 17.5 Å². The summed E-state index contributed by atoms with van der Waals surface area (Å²) >= 11 is 5.92. The van der Waals surface area contributed by atoms with E-state index < -0.39 is 6.04 Å². The summed E-state index contributed by atoms with van der Waals surface area (Å²) in [5, 5.41) is 0.648. The molecule has 2 rings (SSSR count). The number of hydrogen-bond donors (Lipinski definition) is 1. The number of nitrogens with zero attached hydrogens (tertiary/aromatic N) is 1. The van der Waals surface area contributed by atoms with Crippen LogP contribution in [0.5, 0.6) is 5.75 Å². The smallest absolute Gasteiger partial charge is 0.239 e. The fourth-order valence-electron chi connectivity index (χ4n) is 2.25. The Morgan fingerprint density at radius 2 is 2.25 bits per heavy atom. The Hall–Kier alpha value is -1.26. The molecule has 0 spiro atoms. The molecule has 2 atom stereocenters. The summed E-state index contributed by atoms with van der Waals surface area (Å²) in [4.78, 5) is 14.0. The Morgan fingerprint density at radius 3 is 2.90 bits per heavy atom. The molecule has 1 aromatic carbocycles. The first-order valence-electron chi connectivity index (χ1n) is 6.94. The van der Waals surface area contributed by atoms with Crippen LogP contribution >= 0.6 is 11.6 Å². The van der Waals surface area contributed by atoms with Crippen LogP contribution in [0.25, 0.3) is 0 Å². The van der Waals surface area contributed by atoms with E-state index in [1.54, 1.807) is 17.0 Å². The summed E-state index contributed by atoms with van der Waals surface area (Å²) in [6.07, 6.45) is 0.833. The zero-order valence-electron chi connectivity index (χ0n) is 11.9. The van der Waals surface area contributed by atoms with Gasteiger partial charge in [0.1, 0.15) is 11.9 Å². The SMILES string of the molecule is CC(C)[C@H](N)C(=O)N1CCC(Oc2cccc(Cl)c2)C1. The average molecular weight is 297 g/mol. The van der Waals surface area contributed by atoms with Crippen LogP contribution in [-0.2, 0) is 4.79 Å². The summed E-state index contributed by atoms with van der Waals surface area (Å²) in [7, 11) is 0. The second kappa shape index (κ2) is 6.46. The first-order valence-corrected chi connectivity index (χ1v) is 7.31. The molecule has 1 amide bonds. The van der Waals surface area contributed by atoms with Crippen LogP contribution in [0.4, 0.5) is 0 Å². The van der Waals surface area contributed by atoms with Gasteiger partial charge in [0.05, 0.1) is 12.6 Å². The van der Waals surface area contributed by atoms with Gasteiger partial charge in [-0.25, -0.2) is 0 Å². The first-order chi connectivity index (χ1) is 9.47. The molecule has 2 N–H and O–H groups in total. The van der Waals surface area contributed by atoms with Crippen LogP contribution in [0.3, 0.4) is 0 Å². The van der Waals surface area contributed by atoms with Gasteiger partial charge in [-0.2, -0.15) is 0 Å². The van der Waals surface area contributed by atoms with E-state index in [2.05, 4.69) is 0 Å². The van der Waals surface area contributed by atoms with Gasteiger partial charge in [-0.05, 0) is 24.1 Å². The van der Waals surface area contributed by atoms with E-state index in [4.69, 9.17) is 22.1 Å². The Bertz CT molecular complexity index is 479. The number of benzene rings is 1. The maximum absolute atomic E-state index is 12.2. The topological polar surface area (TPSA) is 55.6 Å². The molecular formula is C15H21ClN2O2. The third-order valence-corrected chi connectivity index (χ3v) is 3.79. The average Bonchev–Trinajstić information content (AvgIpc) is 2.85. The summed E-state index contributed by atoms with van der Waals surface area (Å²) in [6, 6.07) is 6.88. The van der Waals surface area contributed by atoms with Crippen LogP contribution in [0.1, 0.15) is 20.3 Å². The second-order valence-corrected chi connectivity index (χ2v) is 5.98. The van der Waals surface area contributed by atoms with Crippen molar-refractivity contribution in [2.75, 3.05) is 13.1 Å². The number of hydrogen-bond acceptors (Lipinski definition) is 3. The van der Waals surface area contributed by atoms with Crippen molar-refractivity contribution < 1.29 is 9.53 Å². The third kappa shape index (κ3) is 3.64. The Morgan fingerprint density at radius 1 is 1.50 bits per heavy atom. The monoisotopic (exact) mass is 296 g/mol. The van der Waals surface area contributed by atoms with Crippen molar-refractivity contribution in [2.45, 2.75) is 32.4 Å². The highest BCUT2D eigenvalue weighted by atomic mass is 35.5. The Labute approximate surface area is 124 Å². The van der Waals surface area contributed by atoms with Gasteiger partial charge in [-0.1, -0.05) is 31.5 Å². The van der Waals surface area contributed by atoms with Crippen molar-refractivity contribution in [1.29, 1.82) is 0 Å². The van der Waals surface area contributed by atoms with Crippen LogP contribution in [0.2, 0.25) is 5.02 Å². The molecule has 4 nitrogen and oxygen atoms in total. The van der Waals surface area contributed by atoms with E-state index in [0.717, 1.165) is 12.2 Å². The molecule has 110 valence electrons. The summed E-state index contributed by atoms with van der Waals surface area (Å²) in [6.45, 7) is 5.20. The van der Waals surface area contributed by atoms with Crippen LogP contribution in [0.15, 0.2) is 24.3 Å². The number of nitrogens with two attached hydrogens (primary N) is 1. The second-order valence-electron chi connectivity index (χ2n) is 5.54. The summed E-state index contributed by atoms with van der Waals surface area (Å²) in [5.41, 5.74) is 5.91. The molecule has 0 aromatic heterocycles. The molecule has 20 heavy (non-hydrogen) atoms. The molecule has 0 radical (unpaired) electrons. The van der Waals surface area contributed by atoms with Gasteiger partial charge >= 0.3 is 0 Å². The minimum absolute atomic E-state index is 0.0109. The van der Waals surface area contributed by atoms with E-state index in [1.165, 1.54) is 0 Å². The highest BCUT2D eigenvalue weighted by Gasteiger charge is 2.31. The van der Waals surface area contributed by atoms with Crippen molar-refractivity contribution in [3.63, 3.8) is 0 Å². The minimum atomic E-state index is -0.431. The van der Waals surface area contributed by atoms with Crippen molar-refractivity contribution in [2.24, 2.45) is 11.7 Å². The van der Waals surface area contributed by atoms with Gasteiger partial charge in [0.25, 0.3) is 0 Å². The van der Waals surface area contributed by atoms with Gasteiger partial charge < -0.3 is 15.4 Å². The lowest BCUT2D eigenvalue weighted by atomic mass is 10.0. The van der Waals surface area contributed by atoms with E-state index in [-0.39, 0.29) is 17.9 Å². The lowest BCUT2D eigenvalue weighted by molar-refractivity contribution is -0.132. The van der Waals surface area contributed by atoms with Crippen LogP contribution in [-0.4, -0.2) is 36.0 Å². The lowest BCUT2D eigenvalue weighted by Crippen LogP contribution is -2.46. The van der Waals surface area contributed by atoms with E-state index >= 15 is 0 Å². The molecule has 1 aliphatic rings. The van der Waals surface area contributed by atoms with Crippen molar-refractivity contribution in [3.05, 3.63) is 29.3 Å². The fraction of sp³-hybridized carbons (Fsp3) is 0.533. The molecule has 1 saturated heterocycles. The van der Waals surface area contributed by atoms with E-state index in [0.29, 0.717) is 18.1 Å². The molecule has 1 fully saturated rings. The minimum Gasteiger partial charge on any atom is -0.488 e. The molecule has 0 saturated carbocycles.